The molecule has 106 valence electrons. The molecule has 1 aromatic carbocycles. The van der Waals surface area contributed by atoms with Crippen molar-refractivity contribution in [2.24, 2.45) is 5.14 Å². The number of hydrogen-bond acceptors (Lipinski definition) is 6. The average molecular weight is 302 g/mol. The van der Waals surface area contributed by atoms with Crippen molar-refractivity contribution in [3.05, 3.63) is 49.0 Å². The van der Waals surface area contributed by atoms with E-state index in [2.05, 4.69) is 15.2 Å². The fourth-order valence-electron chi connectivity index (χ4n) is 1.91. The summed E-state index contributed by atoms with van der Waals surface area (Å²) < 4.78 is 28.3. The van der Waals surface area contributed by atoms with Crippen molar-refractivity contribution in [1.82, 2.24) is 15.2 Å². The van der Waals surface area contributed by atoms with E-state index < -0.39 is 10.0 Å². The lowest BCUT2D eigenvalue weighted by Gasteiger charge is -2.06. The quantitative estimate of drug-likeness (QED) is 0.783. The van der Waals surface area contributed by atoms with E-state index in [-0.39, 0.29) is 4.90 Å². The Morgan fingerprint density at radius 3 is 2.38 bits per heavy atom. The van der Waals surface area contributed by atoms with Crippen LogP contribution in [0.5, 0.6) is 0 Å². The van der Waals surface area contributed by atoms with Gasteiger partial charge in [-0.25, -0.2) is 13.6 Å². The zero-order valence-electron chi connectivity index (χ0n) is 10.7. The SMILES string of the molecule is NS(=O)(=O)c1cccnc1-c1ccc(-c2nnco2)cc1. The van der Waals surface area contributed by atoms with Crippen LogP contribution in [0.1, 0.15) is 0 Å². The third-order valence-corrected chi connectivity index (χ3v) is 3.79. The second-order valence-electron chi connectivity index (χ2n) is 4.22. The Kier molecular flexibility index (Phi) is 3.24. The molecule has 3 rings (SSSR count). The Bertz CT molecular complexity index is 859. The second kappa shape index (κ2) is 5.08. The van der Waals surface area contributed by atoms with Crippen LogP contribution in [-0.2, 0) is 10.0 Å². The third kappa shape index (κ3) is 2.67. The number of sulfonamides is 1. The van der Waals surface area contributed by atoms with Gasteiger partial charge in [0.1, 0.15) is 4.90 Å². The third-order valence-electron chi connectivity index (χ3n) is 2.84. The summed E-state index contributed by atoms with van der Waals surface area (Å²) in [6.45, 7) is 0. The van der Waals surface area contributed by atoms with E-state index in [1.165, 1.54) is 24.7 Å². The molecule has 0 saturated heterocycles. The highest BCUT2D eigenvalue weighted by atomic mass is 32.2. The van der Waals surface area contributed by atoms with Crippen LogP contribution in [0.15, 0.2) is 58.3 Å². The summed E-state index contributed by atoms with van der Waals surface area (Å²) in [7, 11) is -3.84. The highest BCUT2D eigenvalue weighted by molar-refractivity contribution is 7.89. The molecule has 0 saturated carbocycles. The predicted molar refractivity (Wildman–Crippen MR) is 74.3 cm³/mol. The normalized spacial score (nSPS) is 11.5. The number of aromatic nitrogens is 3. The van der Waals surface area contributed by atoms with Gasteiger partial charge in [-0.1, -0.05) is 12.1 Å². The van der Waals surface area contributed by atoms with Gasteiger partial charge in [0.15, 0.2) is 0 Å². The molecule has 0 spiro atoms. The maximum Gasteiger partial charge on any atom is 0.247 e. The molecule has 0 aliphatic heterocycles. The first kappa shape index (κ1) is 13.4. The minimum Gasteiger partial charge on any atom is -0.423 e. The number of nitrogens with two attached hydrogens (primary N) is 1. The van der Waals surface area contributed by atoms with Gasteiger partial charge in [-0.3, -0.25) is 4.98 Å². The molecule has 7 nitrogen and oxygen atoms in total. The monoisotopic (exact) mass is 302 g/mol. The standard InChI is InChI=1S/C13H10N4O3S/c14-21(18,19)11-2-1-7-15-12(11)9-3-5-10(6-4-9)13-17-16-8-20-13/h1-8H,(H2,14,18,19). The number of rotatable bonds is 3. The van der Waals surface area contributed by atoms with Gasteiger partial charge in [0.05, 0.1) is 5.69 Å². The number of hydrogen-bond donors (Lipinski definition) is 1. The maximum absolute atomic E-state index is 11.6. The van der Waals surface area contributed by atoms with Gasteiger partial charge in [-0.2, -0.15) is 0 Å². The highest BCUT2D eigenvalue weighted by Gasteiger charge is 2.16. The molecule has 0 aliphatic rings. The first-order valence-corrected chi connectivity index (χ1v) is 7.45. The zero-order valence-corrected chi connectivity index (χ0v) is 11.5. The van der Waals surface area contributed by atoms with E-state index in [1.807, 2.05) is 0 Å². The highest BCUT2D eigenvalue weighted by Crippen LogP contribution is 2.26. The molecule has 0 atom stereocenters. The van der Waals surface area contributed by atoms with E-state index in [0.29, 0.717) is 17.1 Å². The fourth-order valence-corrected chi connectivity index (χ4v) is 2.61. The lowest BCUT2D eigenvalue weighted by atomic mass is 10.1. The smallest absolute Gasteiger partial charge is 0.247 e. The van der Waals surface area contributed by atoms with Crippen molar-refractivity contribution >= 4 is 10.0 Å². The van der Waals surface area contributed by atoms with Crippen molar-refractivity contribution in [2.45, 2.75) is 4.90 Å². The van der Waals surface area contributed by atoms with Crippen molar-refractivity contribution < 1.29 is 12.8 Å². The van der Waals surface area contributed by atoms with Crippen LogP contribution >= 0.6 is 0 Å². The van der Waals surface area contributed by atoms with Gasteiger partial charge in [-0.15, -0.1) is 10.2 Å². The molecule has 8 heteroatoms. The Labute approximate surface area is 120 Å². The minimum atomic E-state index is -3.84. The Morgan fingerprint density at radius 2 is 1.76 bits per heavy atom. The average Bonchev–Trinajstić information content (AvgIpc) is 3.01. The van der Waals surface area contributed by atoms with Gasteiger partial charge >= 0.3 is 0 Å². The van der Waals surface area contributed by atoms with Crippen molar-refractivity contribution in [2.75, 3.05) is 0 Å². The summed E-state index contributed by atoms with van der Waals surface area (Å²) >= 11 is 0. The van der Waals surface area contributed by atoms with Crippen molar-refractivity contribution in [3.63, 3.8) is 0 Å². The van der Waals surface area contributed by atoms with E-state index >= 15 is 0 Å². The molecule has 0 amide bonds. The second-order valence-corrected chi connectivity index (χ2v) is 5.75. The zero-order chi connectivity index (χ0) is 14.9. The molecule has 0 fully saturated rings. The van der Waals surface area contributed by atoms with Crippen LogP contribution in [0.3, 0.4) is 0 Å². The van der Waals surface area contributed by atoms with Gasteiger partial charge < -0.3 is 4.42 Å². The van der Waals surface area contributed by atoms with Crippen LogP contribution in [0.25, 0.3) is 22.7 Å². The van der Waals surface area contributed by atoms with E-state index in [1.54, 1.807) is 24.3 Å². The molecular formula is C13H10N4O3S. The van der Waals surface area contributed by atoms with Gasteiger partial charge in [-0.05, 0) is 24.3 Å². The molecule has 2 heterocycles. The first-order chi connectivity index (χ1) is 10.1. The van der Waals surface area contributed by atoms with Crippen LogP contribution in [0.4, 0.5) is 0 Å². The van der Waals surface area contributed by atoms with Gasteiger partial charge in [0.25, 0.3) is 0 Å². The van der Waals surface area contributed by atoms with Crippen molar-refractivity contribution in [3.8, 4) is 22.7 Å². The van der Waals surface area contributed by atoms with Crippen LogP contribution in [0, 0.1) is 0 Å². The van der Waals surface area contributed by atoms with Crippen molar-refractivity contribution in [1.29, 1.82) is 0 Å². The first-order valence-electron chi connectivity index (χ1n) is 5.90. The predicted octanol–water partition coefficient (Wildman–Crippen LogP) is 1.45. The topological polar surface area (TPSA) is 112 Å². The van der Waals surface area contributed by atoms with E-state index in [4.69, 9.17) is 9.56 Å². The molecule has 0 bridgehead atoms. The molecule has 0 radical (unpaired) electrons. The Hall–Kier alpha value is -2.58. The Balaban J connectivity index is 2.07. The molecule has 21 heavy (non-hydrogen) atoms. The van der Waals surface area contributed by atoms with Crippen LogP contribution in [-0.4, -0.2) is 23.6 Å². The summed E-state index contributed by atoms with van der Waals surface area (Å²) in [5.41, 5.74) is 1.66. The summed E-state index contributed by atoms with van der Waals surface area (Å²) in [5, 5.41) is 12.6. The molecule has 3 aromatic rings. The van der Waals surface area contributed by atoms with Gasteiger partial charge in [0, 0.05) is 17.3 Å². The van der Waals surface area contributed by atoms with Gasteiger partial charge in [0.2, 0.25) is 22.3 Å². The summed E-state index contributed by atoms with van der Waals surface area (Å²) in [4.78, 5) is 4.08. The lowest BCUT2D eigenvalue weighted by Crippen LogP contribution is -2.13. The number of nitrogens with zero attached hydrogens (tertiary/aromatic N) is 3. The molecule has 0 aliphatic carbocycles. The van der Waals surface area contributed by atoms with E-state index in [0.717, 1.165) is 5.56 Å². The largest absolute Gasteiger partial charge is 0.423 e. The van der Waals surface area contributed by atoms with Crippen LogP contribution in [0.2, 0.25) is 0 Å². The molecule has 0 unspecified atom stereocenters. The number of primary sulfonamides is 1. The summed E-state index contributed by atoms with van der Waals surface area (Å²) in [5.74, 6) is 0.384. The minimum absolute atomic E-state index is 0.0180. The number of pyridine rings is 1. The lowest BCUT2D eigenvalue weighted by molar-refractivity contribution is 0.568. The van der Waals surface area contributed by atoms with Crippen LogP contribution < -0.4 is 5.14 Å². The molecule has 2 aromatic heterocycles. The van der Waals surface area contributed by atoms with E-state index in [9.17, 15) is 8.42 Å². The molecule has 2 N–H and O–H groups in total. The summed E-state index contributed by atoms with van der Waals surface area (Å²) in [6.07, 6.45) is 2.75. The number of benzene rings is 1. The maximum atomic E-state index is 11.6. The fraction of sp³-hybridized carbons (Fsp3) is 0. The Morgan fingerprint density at radius 1 is 1.05 bits per heavy atom. The molecular weight excluding hydrogens is 292 g/mol. The summed E-state index contributed by atoms with van der Waals surface area (Å²) in [6, 6.07) is 9.86.